The average molecular weight is 485 g/mol. The number of halogens is 1. The molecule has 0 unspecified atom stereocenters. The van der Waals surface area contributed by atoms with Crippen LogP contribution in [0.4, 0.5) is 0 Å². The molecule has 3 rings (SSSR count). The first-order valence-electron chi connectivity index (χ1n) is 9.58. The van der Waals surface area contributed by atoms with Crippen molar-refractivity contribution in [3.8, 4) is 0 Å². The lowest BCUT2D eigenvalue weighted by atomic mass is 9.83. The van der Waals surface area contributed by atoms with Crippen molar-refractivity contribution in [2.75, 3.05) is 27.3 Å². The second-order valence-corrected chi connectivity index (χ2v) is 7.38. The Labute approximate surface area is 179 Å². The van der Waals surface area contributed by atoms with Gasteiger partial charge in [-0.25, -0.2) is 0 Å². The number of furan rings is 1. The second-order valence-electron chi connectivity index (χ2n) is 7.38. The third kappa shape index (κ3) is 5.38. The number of hydrogen-bond donors (Lipinski definition) is 2. The summed E-state index contributed by atoms with van der Waals surface area (Å²) in [6.45, 7) is 4.50. The number of para-hydroxylation sites is 1. The van der Waals surface area contributed by atoms with Gasteiger partial charge in [-0.05, 0) is 37.7 Å². The topological polar surface area (TPSA) is 58.8 Å². The molecule has 1 aliphatic rings. The molecule has 1 fully saturated rings. The summed E-state index contributed by atoms with van der Waals surface area (Å²) in [6, 6.07) is 8.16. The van der Waals surface area contributed by atoms with E-state index in [-0.39, 0.29) is 24.0 Å². The van der Waals surface area contributed by atoms with Crippen LogP contribution < -0.4 is 10.6 Å². The van der Waals surface area contributed by atoms with Crippen LogP contribution in [0.15, 0.2) is 33.7 Å². The summed E-state index contributed by atoms with van der Waals surface area (Å²) in [5, 5.41) is 8.10. The molecule has 2 N–H and O–H groups in total. The summed E-state index contributed by atoms with van der Waals surface area (Å²) in [5.74, 6) is 1.79. The lowest BCUT2D eigenvalue weighted by Gasteiger charge is -2.29. The summed E-state index contributed by atoms with van der Waals surface area (Å²) < 4.78 is 11.3. The van der Waals surface area contributed by atoms with E-state index in [4.69, 9.17) is 9.15 Å². The highest BCUT2D eigenvalue weighted by atomic mass is 127. The summed E-state index contributed by atoms with van der Waals surface area (Å²) in [7, 11) is 3.60. The standard InChI is InChI=1S/C21H31N3O2.HI/c1-16-17-8-4-5-9-18(17)26-19(16)14-23-20(22-2)24-15-21(12-13-25-3)10-6-7-11-21;/h4-5,8-9H,6-7,10-15H2,1-3H3,(H2,22,23,24);1H. The molecule has 6 heteroatoms. The third-order valence-electron chi connectivity index (χ3n) is 5.71. The molecule has 0 saturated heterocycles. The maximum atomic E-state index is 5.98. The average Bonchev–Trinajstić information content (AvgIpc) is 3.26. The highest BCUT2D eigenvalue weighted by Gasteiger charge is 2.33. The zero-order valence-corrected chi connectivity index (χ0v) is 19.0. The predicted octanol–water partition coefficient (Wildman–Crippen LogP) is 4.62. The molecule has 150 valence electrons. The lowest BCUT2D eigenvalue weighted by Crippen LogP contribution is -2.43. The number of rotatable bonds is 7. The number of benzene rings is 1. The van der Waals surface area contributed by atoms with Crippen molar-refractivity contribution in [1.82, 2.24) is 10.6 Å². The number of guanidine groups is 1. The van der Waals surface area contributed by atoms with Crippen molar-refractivity contribution in [2.45, 2.75) is 45.6 Å². The van der Waals surface area contributed by atoms with Crippen molar-refractivity contribution >= 4 is 40.9 Å². The van der Waals surface area contributed by atoms with Crippen LogP contribution in [0.25, 0.3) is 11.0 Å². The van der Waals surface area contributed by atoms with Crippen molar-refractivity contribution in [3.63, 3.8) is 0 Å². The maximum absolute atomic E-state index is 5.98. The Hall–Kier alpha value is -1.28. The molecule has 0 atom stereocenters. The molecule has 0 bridgehead atoms. The number of nitrogens with zero attached hydrogens (tertiary/aromatic N) is 1. The van der Waals surface area contributed by atoms with Crippen LogP contribution in [-0.2, 0) is 11.3 Å². The van der Waals surface area contributed by atoms with Crippen LogP contribution in [0.1, 0.15) is 43.4 Å². The van der Waals surface area contributed by atoms with Crippen molar-refractivity contribution in [3.05, 3.63) is 35.6 Å². The fourth-order valence-corrected chi connectivity index (χ4v) is 4.01. The Morgan fingerprint density at radius 3 is 2.63 bits per heavy atom. The molecule has 1 aromatic heterocycles. The first-order valence-corrected chi connectivity index (χ1v) is 9.58. The van der Waals surface area contributed by atoms with Crippen LogP contribution in [-0.4, -0.2) is 33.3 Å². The summed E-state index contributed by atoms with van der Waals surface area (Å²) >= 11 is 0. The molecule has 27 heavy (non-hydrogen) atoms. The molecular weight excluding hydrogens is 453 g/mol. The van der Waals surface area contributed by atoms with Gasteiger partial charge in [0, 0.05) is 38.3 Å². The zero-order chi connectivity index (χ0) is 18.4. The number of aryl methyl sites for hydroxylation is 1. The van der Waals surface area contributed by atoms with Gasteiger partial charge in [0.25, 0.3) is 0 Å². The minimum atomic E-state index is 0. The molecule has 0 spiro atoms. The number of fused-ring (bicyclic) bond motifs is 1. The first kappa shape index (κ1) is 22.0. The SMILES string of the molecule is CN=C(NCc1oc2ccccc2c1C)NCC1(CCOC)CCCC1.I. The van der Waals surface area contributed by atoms with Gasteiger partial charge >= 0.3 is 0 Å². The number of hydrogen-bond acceptors (Lipinski definition) is 3. The first-order chi connectivity index (χ1) is 12.7. The van der Waals surface area contributed by atoms with Gasteiger partial charge in [0.2, 0.25) is 0 Å². The van der Waals surface area contributed by atoms with E-state index in [1.165, 1.54) is 36.6 Å². The van der Waals surface area contributed by atoms with E-state index in [1.54, 1.807) is 7.11 Å². The molecule has 0 aliphatic heterocycles. The van der Waals surface area contributed by atoms with Crippen LogP contribution in [0.2, 0.25) is 0 Å². The van der Waals surface area contributed by atoms with Crippen LogP contribution >= 0.6 is 24.0 Å². The van der Waals surface area contributed by atoms with Gasteiger partial charge in [-0.1, -0.05) is 31.0 Å². The molecule has 1 saturated carbocycles. The Bertz CT molecular complexity index is 751. The lowest BCUT2D eigenvalue weighted by molar-refractivity contribution is 0.138. The van der Waals surface area contributed by atoms with Gasteiger partial charge in [-0.2, -0.15) is 0 Å². The molecule has 5 nitrogen and oxygen atoms in total. The van der Waals surface area contributed by atoms with E-state index in [9.17, 15) is 0 Å². The highest BCUT2D eigenvalue weighted by Crippen LogP contribution is 2.40. The molecule has 1 heterocycles. The zero-order valence-electron chi connectivity index (χ0n) is 16.6. The number of nitrogens with one attached hydrogen (secondary N) is 2. The van der Waals surface area contributed by atoms with E-state index < -0.39 is 0 Å². The van der Waals surface area contributed by atoms with Gasteiger partial charge in [0.05, 0.1) is 6.54 Å². The van der Waals surface area contributed by atoms with Crippen molar-refractivity contribution < 1.29 is 9.15 Å². The molecule has 1 aromatic carbocycles. The smallest absolute Gasteiger partial charge is 0.191 e. The largest absolute Gasteiger partial charge is 0.459 e. The third-order valence-corrected chi connectivity index (χ3v) is 5.71. The van der Waals surface area contributed by atoms with Gasteiger partial charge in [-0.15, -0.1) is 24.0 Å². The van der Waals surface area contributed by atoms with Crippen LogP contribution in [0.3, 0.4) is 0 Å². The van der Waals surface area contributed by atoms with E-state index in [0.29, 0.717) is 12.0 Å². The second kappa shape index (κ2) is 10.3. The van der Waals surface area contributed by atoms with Gasteiger partial charge in [-0.3, -0.25) is 4.99 Å². The van der Waals surface area contributed by atoms with E-state index >= 15 is 0 Å². The van der Waals surface area contributed by atoms with Crippen LogP contribution in [0, 0.1) is 12.3 Å². The Morgan fingerprint density at radius 2 is 1.96 bits per heavy atom. The van der Waals surface area contributed by atoms with Gasteiger partial charge in [0.15, 0.2) is 5.96 Å². The summed E-state index contributed by atoms with van der Waals surface area (Å²) in [6.07, 6.45) is 6.27. The van der Waals surface area contributed by atoms with E-state index in [2.05, 4.69) is 28.6 Å². The number of aliphatic imine (C=N–C) groups is 1. The van der Waals surface area contributed by atoms with Crippen LogP contribution in [0.5, 0.6) is 0 Å². The monoisotopic (exact) mass is 485 g/mol. The number of methoxy groups -OCH3 is 1. The molecule has 1 aliphatic carbocycles. The van der Waals surface area contributed by atoms with Crippen molar-refractivity contribution in [2.24, 2.45) is 10.4 Å². The van der Waals surface area contributed by atoms with Crippen molar-refractivity contribution in [1.29, 1.82) is 0 Å². The fraction of sp³-hybridized carbons (Fsp3) is 0.571. The Kier molecular flexibility index (Phi) is 8.41. The highest BCUT2D eigenvalue weighted by molar-refractivity contribution is 14.0. The normalized spacial score (nSPS) is 16.3. The minimum absolute atomic E-state index is 0. The van der Waals surface area contributed by atoms with Gasteiger partial charge < -0.3 is 19.8 Å². The molecule has 2 aromatic rings. The fourth-order valence-electron chi connectivity index (χ4n) is 4.01. The number of ether oxygens (including phenoxy) is 1. The van der Waals surface area contributed by atoms with Gasteiger partial charge in [0.1, 0.15) is 11.3 Å². The minimum Gasteiger partial charge on any atom is -0.459 e. The Balaban J connectivity index is 0.00000261. The van der Waals surface area contributed by atoms with E-state index in [1.807, 2.05) is 25.2 Å². The quantitative estimate of drug-likeness (QED) is 0.342. The molecule has 0 radical (unpaired) electrons. The summed E-state index contributed by atoms with van der Waals surface area (Å²) in [5.41, 5.74) is 2.47. The molecular formula is C21H32IN3O2. The predicted molar refractivity (Wildman–Crippen MR) is 122 cm³/mol. The maximum Gasteiger partial charge on any atom is 0.191 e. The molecule has 0 amide bonds. The van der Waals surface area contributed by atoms with E-state index in [0.717, 1.165) is 36.9 Å². The Morgan fingerprint density at radius 1 is 1.22 bits per heavy atom. The summed E-state index contributed by atoms with van der Waals surface area (Å²) in [4.78, 5) is 4.38.